The van der Waals surface area contributed by atoms with Crippen LogP contribution in [0.5, 0.6) is 0 Å². The van der Waals surface area contributed by atoms with Crippen LogP contribution in [0.25, 0.3) is 0 Å². The first-order valence-electron chi connectivity index (χ1n) is 6.54. The monoisotopic (exact) mass is 301 g/mol. The maximum atomic E-state index is 6.44. The summed E-state index contributed by atoms with van der Waals surface area (Å²) in [6.07, 6.45) is 0.907. The van der Waals surface area contributed by atoms with Crippen molar-refractivity contribution in [2.24, 2.45) is 11.7 Å². The van der Waals surface area contributed by atoms with Crippen LogP contribution < -0.4 is 5.73 Å². The van der Waals surface area contributed by atoms with Gasteiger partial charge in [-0.25, -0.2) is 0 Å². The third-order valence-electron chi connectivity index (χ3n) is 3.92. The molecule has 2 rings (SSSR count). The molecule has 1 aromatic carbocycles. The van der Waals surface area contributed by atoms with Crippen LogP contribution >= 0.6 is 23.2 Å². The van der Waals surface area contributed by atoms with E-state index < -0.39 is 0 Å². The van der Waals surface area contributed by atoms with Crippen LogP contribution in [0.4, 0.5) is 0 Å². The van der Waals surface area contributed by atoms with Crippen LogP contribution in [-0.4, -0.2) is 11.2 Å². The van der Waals surface area contributed by atoms with Crippen molar-refractivity contribution < 1.29 is 4.74 Å². The van der Waals surface area contributed by atoms with E-state index >= 15 is 0 Å². The normalized spacial score (nSPS) is 26.4. The van der Waals surface area contributed by atoms with Gasteiger partial charge in [-0.05, 0) is 45.7 Å². The predicted molar refractivity (Wildman–Crippen MR) is 80.7 cm³/mol. The third-order valence-corrected chi connectivity index (χ3v) is 4.75. The topological polar surface area (TPSA) is 35.2 Å². The zero-order chi connectivity index (χ0) is 14.4. The Balaban J connectivity index is 2.34. The summed E-state index contributed by atoms with van der Waals surface area (Å²) < 4.78 is 6.11. The number of halogens is 2. The summed E-state index contributed by atoms with van der Waals surface area (Å²) in [5.41, 5.74) is 6.92. The van der Waals surface area contributed by atoms with Crippen molar-refractivity contribution in [2.75, 3.05) is 0 Å². The molecule has 1 aromatic rings. The molecule has 2 nitrogen and oxygen atoms in total. The highest BCUT2D eigenvalue weighted by atomic mass is 35.5. The lowest BCUT2D eigenvalue weighted by atomic mass is 9.79. The van der Waals surface area contributed by atoms with Crippen LogP contribution in [0.2, 0.25) is 10.0 Å². The predicted octanol–water partition coefficient (Wildman–Crippen LogP) is 4.59. The summed E-state index contributed by atoms with van der Waals surface area (Å²) >= 11 is 12.4. The second-order valence-corrected chi connectivity index (χ2v) is 7.23. The lowest BCUT2D eigenvalue weighted by molar-refractivity contribution is -0.0767. The molecule has 19 heavy (non-hydrogen) atoms. The molecule has 0 radical (unpaired) electrons. The van der Waals surface area contributed by atoms with Gasteiger partial charge in [0.1, 0.15) is 0 Å². The van der Waals surface area contributed by atoms with E-state index in [0.29, 0.717) is 10.0 Å². The summed E-state index contributed by atoms with van der Waals surface area (Å²) in [6, 6.07) is 5.43. The van der Waals surface area contributed by atoms with Gasteiger partial charge in [-0.2, -0.15) is 0 Å². The highest BCUT2D eigenvalue weighted by Gasteiger charge is 2.48. The molecule has 106 valence electrons. The maximum Gasteiger partial charge on any atom is 0.0680 e. The van der Waals surface area contributed by atoms with Crippen molar-refractivity contribution in [3.8, 4) is 0 Å². The summed E-state index contributed by atoms with van der Waals surface area (Å²) in [5.74, 6) is 0.207. The lowest BCUT2D eigenvalue weighted by Gasteiger charge is -2.31. The molecular weight excluding hydrogens is 281 g/mol. The first-order chi connectivity index (χ1) is 8.64. The zero-order valence-corrected chi connectivity index (χ0v) is 13.3. The highest BCUT2D eigenvalue weighted by molar-refractivity contribution is 6.42. The molecular formula is C15H21Cl2NO. The second-order valence-electron chi connectivity index (χ2n) is 6.44. The van der Waals surface area contributed by atoms with Crippen molar-refractivity contribution in [3.05, 3.63) is 33.8 Å². The molecule has 1 fully saturated rings. The number of rotatable bonds is 2. The van der Waals surface area contributed by atoms with E-state index in [-0.39, 0.29) is 23.2 Å². The van der Waals surface area contributed by atoms with Crippen LogP contribution in [-0.2, 0) is 4.74 Å². The molecule has 0 spiro atoms. The molecule has 0 bridgehead atoms. The Morgan fingerprint density at radius 1 is 1.26 bits per heavy atom. The summed E-state index contributed by atoms with van der Waals surface area (Å²) in [4.78, 5) is 0. The van der Waals surface area contributed by atoms with E-state index in [1.165, 1.54) is 0 Å². The van der Waals surface area contributed by atoms with Gasteiger partial charge >= 0.3 is 0 Å². The molecule has 1 saturated heterocycles. The van der Waals surface area contributed by atoms with E-state index in [0.717, 1.165) is 12.0 Å². The summed E-state index contributed by atoms with van der Waals surface area (Å²) in [5, 5.41) is 1.10. The standard InChI is InChI=1S/C15H21Cl2NO/c1-14(2)8-10(15(3,4)19-14)13(18)9-6-5-7-11(16)12(9)17/h5-7,10,13H,8,18H2,1-4H3. The van der Waals surface area contributed by atoms with Gasteiger partial charge in [-0.15, -0.1) is 0 Å². The van der Waals surface area contributed by atoms with E-state index in [2.05, 4.69) is 27.7 Å². The Morgan fingerprint density at radius 2 is 1.89 bits per heavy atom. The van der Waals surface area contributed by atoms with Gasteiger partial charge in [0.05, 0.1) is 21.2 Å². The molecule has 1 aliphatic rings. The first-order valence-corrected chi connectivity index (χ1v) is 7.29. The minimum Gasteiger partial charge on any atom is -0.369 e. The first kappa shape index (κ1) is 15.1. The molecule has 4 heteroatoms. The number of hydrogen-bond donors (Lipinski definition) is 1. The number of hydrogen-bond acceptors (Lipinski definition) is 2. The van der Waals surface area contributed by atoms with Crippen LogP contribution in [0.3, 0.4) is 0 Å². The largest absolute Gasteiger partial charge is 0.369 e. The number of nitrogens with two attached hydrogens (primary N) is 1. The van der Waals surface area contributed by atoms with Crippen molar-refractivity contribution in [1.82, 2.24) is 0 Å². The Labute approximate surface area is 125 Å². The van der Waals surface area contributed by atoms with Gasteiger partial charge in [0.25, 0.3) is 0 Å². The maximum absolute atomic E-state index is 6.44. The molecule has 1 heterocycles. The third kappa shape index (κ3) is 2.92. The Morgan fingerprint density at radius 3 is 2.42 bits per heavy atom. The highest BCUT2D eigenvalue weighted by Crippen LogP contribution is 2.48. The van der Waals surface area contributed by atoms with Crippen molar-refractivity contribution >= 4 is 23.2 Å². The fraction of sp³-hybridized carbons (Fsp3) is 0.600. The fourth-order valence-corrected chi connectivity index (χ4v) is 3.59. The van der Waals surface area contributed by atoms with Crippen molar-refractivity contribution in [2.45, 2.75) is 51.4 Å². The van der Waals surface area contributed by atoms with Gasteiger partial charge in [-0.1, -0.05) is 35.3 Å². The Bertz CT molecular complexity index is 485. The minimum atomic E-state index is -0.269. The van der Waals surface area contributed by atoms with Gasteiger partial charge < -0.3 is 10.5 Å². The van der Waals surface area contributed by atoms with Crippen molar-refractivity contribution in [1.29, 1.82) is 0 Å². The van der Waals surface area contributed by atoms with Gasteiger partial charge in [0, 0.05) is 12.0 Å². The molecule has 2 N–H and O–H groups in total. The average Bonchev–Trinajstić information content (AvgIpc) is 2.50. The quantitative estimate of drug-likeness (QED) is 0.867. The lowest BCUT2D eigenvalue weighted by Crippen LogP contribution is -2.36. The Hall–Kier alpha value is -0.280. The van der Waals surface area contributed by atoms with Crippen molar-refractivity contribution in [3.63, 3.8) is 0 Å². The number of ether oxygens (including phenoxy) is 1. The second kappa shape index (κ2) is 4.92. The fourth-order valence-electron chi connectivity index (χ4n) is 3.16. The van der Waals surface area contributed by atoms with E-state index in [1.807, 2.05) is 12.1 Å². The van der Waals surface area contributed by atoms with Crippen LogP contribution in [0, 0.1) is 5.92 Å². The Kier molecular flexibility index (Phi) is 3.92. The molecule has 1 aliphatic heterocycles. The van der Waals surface area contributed by atoms with E-state index in [1.54, 1.807) is 6.07 Å². The average molecular weight is 302 g/mol. The molecule has 0 aromatic heterocycles. The minimum absolute atomic E-state index is 0.156. The molecule has 0 saturated carbocycles. The molecule has 0 aliphatic carbocycles. The van der Waals surface area contributed by atoms with Gasteiger partial charge in [0.2, 0.25) is 0 Å². The molecule has 0 amide bonds. The van der Waals surface area contributed by atoms with Crippen LogP contribution in [0.15, 0.2) is 18.2 Å². The van der Waals surface area contributed by atoms with Gasteiger partial charge in [-0.3, -0.25) is 0 Å². The smallest absolute Gasteiger partial charge is 0.0680 e. The SMILES string of the molecule is CC1(C)CC(C(N)c2cccc(Cl)c2Cl)C(C)(C)O1. The van der Waals surface area contributed by atoms with Gasteiger partial charge in [0.15, 0.2) is 0 Å². The number of benzene rings is 1. The van der Waals surface area contributed by atoms with E-state index in [4.69, 9.17) is 33.7 Å². The van der Waals surface area contributed by atoms with Crippen LogP contribution in [0.1, 0.15) is 45.7 Å². The summed E-state index contributed by atoms with van der Waals surface area (Å²) in [6.45, 7) is 8.37. The zero-order valence-electron chi connectivity index (χ0n) is 11.8. The summed E-state index contributed by atoms with van der Waals surface area (Å²) in [7, 11) is 0. The molecule has 2 atom stereocenters. The molecule has 2 unspecified atom stereocenters. The van der Waals surface area contributed by atoms with E-state index in [9.17, 15) is 0 Å².